The number of nitrogen functional groups attached to an aromatic ring is 1. The average molecular weight is 371 g/mol. The van der Waals surface area contributed by atoms with E-state index in [0.29, 0.717) is 15.2 Å². The van der Waals surface area contributed by atoms with Gasteiger partial charge in [-0.3, -0.25) is 14.9 Å². The first-order chi connectivity index (χ1) is 9.90. The van der Waals surface area contributed by atoms with Crippen LogP contribution in [0.5, 0.6) is 0 Å². The fraction of sp³-hybridized carbons (Fsp3) is 0. The van der Waals surface area contributed by atoms with E-state index < -0.39 is 10.8 Å². The highest BCUT2D eigenvalue weighted by Gasteiger charge is 2.16. The number of carbonyl (C=O) groups excluding carboxylic acids is 1. The van der Waals surface area contributed by atoms with Crippen LogP contribution in [0.15, 0.2) is 40.9 Å². The third kappa shape index (κ3) is 3.32. The zero-order valence-electron chi connectivity index (χ0n) is 10.5. The number of hydrogen-bond acceptors (Lipinski definition) is 4. The number of carbonyl (C=O) groups is 1. The number of rotatable bonds is 3. The summed E-state index contributed by atoms with van der Waals surface area (Å²) in [6.07, 6.45) is 0. The Bertz CT molecular complexity index is 737. The van der Waals surface area contributed by atoms with Gasteiger partial charge in [0, 0.05) is 17.8 Å². The average Bonchev–Trinajstić information content (AvgIpc) is 2.44. The summed E-state index contributed by atoms with van der Waals surface area (Å²) in [5.41, 5.74) is 6.10. The molecule has 0 radical (unpaired) electrons. The van der Waals surface area contributed by atoms with E-state index in [1.165, 1.54) is 12.1 Å². The summed E-state index contributed by atoms with van der Waals surface area (Å²) in [5.74, 6) is -0.556. The lowest BCUT2D eigenvalue weighted by molar-refractivity contribution is -0.384. The van der Waals surface area contributed by atoms with E-state index in [2.05, 4.69) is 21.2 Å². The normalized spacial score (nSPS) is 10.2. The molecule has 0 saturated carbocycles. The van der Waals surface area contributed by atoms with Gasteiger partial charge in [0.1, 0.15) is 0 Å². The van der Waals surface area contributed by atoms with Gasteiger partial charge >= 0.3 is 0 Å². The molecule has 0 spiro atoms. The molecule has 0 fully saturated rings. The van der Waals surface area contributed by atoms with Crippen molar-refractivity contribution < 1.29 is 9.72 Å². The van der Waals surface area contributed by atoms with Crippen molar-refractivity contribution in [2.24, 2.45) is 0 Å². The number of benzene rings is 2. The van der Waals surface area contributed by atoms with E-state index in [1.54, 1.807) is 18.2 Å². The summed E-state index contributed by atoms with van der Waals surface area (Å²) in [7, 11) is 0. The number of nitro benzene ring substituents is 1. The van der Waals surface area contributed by atoms with Crippen molar-refractivity contribution in [3.63, 3.8) is 0 Å². The van der Waals surface area contributed by atoms with Gasteiger partial charge in [-0.05, 0) is 34.1 Å². The second-order valence-corrected chi connectivity index (χ2v) is 5.28. The third-order valence-electron chi connectivity index (χ3n) is 2.69. The van der Waals surface area contributed by atoms with Crippen LogP contribution in [-0.4, -0.2) is 10.8 Å². The van der Waals surface area contributed by atoms with E-state index >= 15 is 0 Å². The monoisotopic (exact) mass is 369 g/mol. The summed E-state index contributed by atoms with van der Waals surface area (Å²) in [4.78, 5) is 22.4. The highest BCUT2D eigenvalue weighted by atomic mass is 79.9. The molecule has 0 aliphatic heterocycles. The van der Waals surface area contributed by atoms with Crippen LogP contribution >= 0.6 is 27.5 Å². The molecule has 0 atom stereocenters. The molecular weight excluding hydrogens is 362 g/mol. The molecule has 108 valence electrons. The SMILES string of the molecule is Nc1ccc([N+](=O)[O-])cc1C(=O)Nc1cccc(Cl)c1Br. The molecule has 0 heterocycles. The molecule has 1 amide bonds. The Balaban J connectivity index is 2.34. The number of nitro groups is 1. The standard InChI is InChI=1S/C13H9BrClN3O3/c14-12-9(15)2-1-3-11(12)17-13(19)8-6-7(18(20)21)4-5-10(8)16/h1-6H,16H2,(H,17,19). The fourth-order valence-corrected chi connectivity index (χ4v) is 2.18. The first kappa shape index (κ1) is 15.3. The van der Waals surface area contributed by atoms with Crippen LogP contribution in [0, 0.1) is 10.1 Å². The number of anilines is 2. The van der Waals surface area contributed by atoms with Crippen molar-refractivity contribution in [1.82, 2.24) is 0 Å². The Hall–Kier alpha value is -2.12. The van der Waals surface area contributed by atoms with E-state index in [9.17, 15) is 14.9 Å². The van der Waals surface area contributed by atoms with E-state index in [1.807, 2.05) is 0 Å². The van der Waals surface area contributed by atoms with Gasteiger partial charge < -0.3 is 11.1 Å². The molecule has 2 aromatic carbocycles. The number of hydrogen-bond donors (Lipinski definition) is 2. The Kier molecular flexibility index (Phi) is 4.44. The third-order valence-corrected chi connectivity index (χ3v) is 4.09. The lowest BCUT2D eigenvalue weighted by Crippen LogP contribution is -2.14. The van der Waals surface area contributed by atoms with Gasteiger partial charge in [-0.2, -0.15) is 0 Å². The zero-order chi connectivity index (χ0) is 15.6. The molecule has 2 rings (SSSR count). The van der Waals surface area contributed by atoms with Crippen molar-refractivity contribution in [3.05, 3.63) is 61.6 Å². The van der Waals surface area contributed by atoms with Crippen molar-refractivity contribution >= 4 is 50.5 Å². The predicted molar refractivity (Wildman–Crippen MR) is 84.6 cm³/mol. The van der Waals surface area contributed by atoms with Crippen LogP contribution in [0.25, 0.3) is 0 Å². The number of nitrogens with one attached hydrogen (secondary N) is 1. The minimum Gasteiger partial charge on any atom is -0.398 e. The molecule has 0 bridgehead atoms. The molecule has 0 aliphatic rings. The highest BCUT2D eigenvalue weighted by Crippen LogP contribution is 2.31. The largest absolute Gasteiger partial charge is 0.398 e. The van der Waals surface area contributed by atoms with Gasteiger partial charge in [-0.15, -0.1) is 0 Å². The maximum Gasteiger partial charge on any atom is 0.270 e. The molecule has 2 aromatic rings. The molecule has 3 N–H and O–H groups in total. The summed E-state index contributed by atoms with van der Waals surface area (Å²) >= 11 is 9.18. The van der Waals surface area contributed by atoms with E-state index in [0.717, 1.165) is 6.07 Å². The molecule has 0 unspecified atom stereocenters. The lowest BCUT2D eigenvalue weighted by atomic mass is 10.1. The van der Waals surface area contributed by atoms with Crippen molar-refractivity contribution in [3.8, 4) is 0 Å². The number of halogens is 2. The lowest BCUT2D eigenvalue weighted by Gasteiger charge is -2.09. The number of nitrogens with two attached hydrogens (primary N) is 1. The molecule has 0 aliphatic carbocycles. The van der Waals surface area contributed by atoms with Gasteiger partial charge in [0.2, 0.25) is 0 Å². The Morgan fingerprint density at radius 1 is 1.33 bits per heavy atom. The van der Waals surface area contributed by atoms with E-state index in [-0.39, 0.29) is 16.9 Å². The van der Waals surface area contributed by atoms with Crippen LogP contribution in [0.4, 0.5) is 17.1 Å². The number of nitrogens with zero attached hydrogens (tertiary/aromatic N) is 1. The van der Waals surface area contributed by atoms with Crippen LogP contribution in [0.2, 0.25) is 5.02 Å². The Morgan fingerprint density at radius 2 is 2.05 bits per heavy atom. The summed E-state index contributed by atoms with van der Waals surface area (Å²) in [5, 5.41) is 13.8. The summed E-state index contributed by atoms with van der Waals surface area (Å²) < 4.78 is 0.518. The fourth-order valence-electron chi connectivity index (χ4n) is 1.64. The second-order valence-electron chi connectivity index (χ2n) is 4.08. The summed E-state index contributed by atoms with van der Waals surface area (Å²) in [6.45, 7) is 0. The van der Waals surface area contributed by atoms with Crippen LogP contribution in [-0.2, 0) is 0 Å². The summed E-state index contributed by atoms with van der Waals surface area (Å²) in [6, 6.07) is 8.65. The topological polar surface area (TPSA) is 98.3 Å². The van der Waals surface area contributed by atoms with Gasteiger partial charge in [-0.1, -0.05) is 17.7 Å². The molecule has 0 saturated heterocycles. The Labute approximate surface area is 133 Å². The molecule has 6 nitrogen and oxygen atoms in total. The molecule has 8 heteroatoms. The maximum absolute atomic E-state index is 12.2. The minimum atomic E-state index is -0.592. The second kappa shape index (κ2) is 6.11. The first-order valence-electron chi connectivity index (χ1n) is 5.69. The number of amides is 1. The smallest absolute Gasteiger partial charge is 0.270 e. The molecular formula is C13H9BrClN3O3. The van der Waals surface area contributed by atoms with Crippen LogP contribution in [0.3, 0.4) is 0 Å². The number of non-ortho nitro benzene ring substituents is 1. The van der Waals surface area contributed by atoms with Gasteiger partial charge in [0.05, 0.1) is 25.7 Å². The molecule has 21 heavy (non-hydrogen) atoms. The highest BCUT2D eigenvalue weighted by molar-refractivity contribution is 9.10. The maximum atomic E-state index is 12.2. The first-order valence-corrected chi connectivity index (χ1v) is 6.86. The quantitative estimate of drug-likeness (QED) is 0.487. The van der Waals surface area contributed by atoms with Crippen molar-refractivity contribution in [2.45, 2.75) is 0 Å². The van der Waals surface area contributed by atoms with E-state index in [4.69, 9.17) is 17.3 Å². The van der Waals surface area contributed by atoms with Gasteiger partial charge in [-0.25, -0.2) is 0 Å². The van der Waals surface area contributed by atoms with Crippen LogP contribution in [0.1, 0.15) is 10.4 Å². The minimum absolute atomic E-state index is 0.0241. The van der Waals surface area contributed by atoms with Crippen molar-refractivity contribution in [1.29, 1.82) is 0 Å². The van der Waals surface area contributed by atoms with Crippen LogP contribution < -0.4 is 11.1 Å². The predicted octanol–water partition coefficient (Wildman–Crippen LogP) is 3.85. The molecule has 0 aromatic heterocycles. The Morgan fingerprint density at radius 3 is 2.71 bits per heavy atom. The van der Waals surface area contributed by atoms with Gasteiger partial charge in [0.15, 0.2) is 0 Å². The van der Waals surface area contributed by atoms with Gasteiger partial charge in [0.25, 0.3) is 11.6 Å². The zero-order valence-corrected chi connectivity index (χ0v) is 12.8. The van der Waals surface area contributed by atoms with Crippen molar-refractivity contribution in [2.75, 3.05) is 11.1 Å².